The van der Waals surface area contributed by atoms with Crippen molar-refractivity contribution in [2.75, 3.05) is 16.3 Å². The summed E-state index contributed by atoms with van der Waals surface area (Å²) in [4.78, 5) is 19.8. The number of alkyl halides is 3. The number of rotatable bonds is 2. The van der Waals surface area contributed by atoms with Gasteiger partial charge in [-0.2, -0.15) is 18.4 Å². The number of fused-ring (bicyclic) bond motifs is 1. The summed E-state index contributed by atoms with van der Waals surface area (Å²) in [5, 5.41) is 11.1. The van der Waals surface area contributed by atoms with Crippen LogP contribution in [0.2, 0.25) is 0 Å². The summed E-state index contributed by atoms with van der Waals surface area (Å²) < 4.78 is 38.3. The second kappa shape index (κ2) is 6.53. The second-order valence-corrected chi connectivity index (χ2v) is 6.33. The van der Waals surface area contributed by atoms with Crippen LogP contribution in [0.25, 0.3) is 10.8 Å². The number of aromatic nitrogens is 1. The van der Waals surface area contributed by atoms with E-state index < -0.39 is 23.8 Å². The molecule has 3 aromatic rings. The maximum atomic E-state index is 13.1. The first-order chi connectivity index (χ1) is 13.4. The molecule has 1 aliphatic rings. The van der Waals surface area contributed by atoms with Crippen LogP contribution in [0.15, 0.2) is 60.9 Å². The van der Waals surface area contributed by atoms with E-state index in [1.54, 1.807) is 6.20 Å². The third-order valence-corrected chi connectivity index (χ3v) is 4.67. The Morgan fingerprint density at radius 1 is 1.07 bits per heavy atom. The molecule has 1 saturated heterocycles. The molecule has 2 amide bonds. The first-order valence-corrected chi connectivity index (χ1v) is 8.40. The molecule has 0 unspecified atom stereocenters. The molecule has 5 nitrogen and oxygen atoms in total. The maximum Gasteiger partial charge on any atom is 0.416 e. The van der Waals surface area contributed by atoms with Crippen LogP contribution in [-0.2, 0) is 6.18 Å². The lowest BCUT2D eigenvalue weighted by molar-refractivity contribution is -0.137. The molecule has 1 fully saturated rings. The normalized spacial score (nSPS) is 17.2. The number of nitriles is 1. The smallest absolute Gasteiger partial charge is 0.291 e. The van der Waals surface area contributed by atoms with E-state index in [4.69, 9.17) is 0 Å². The van der Waals surface area contributed by atoms with Crippen molar-refractivity contribution >= 4 is 28.2 Å². The summed E-state index contributed by atoms with van der Waals surface area (Å²) in [7, 11) is 0. The molecule has 0 radical (unpaired) electrons. The van der Waals surface area contributed by atoms with Crippen LogP contribution in [0.1, 0.15) is 5.56 Å². The van der Waals surface area contributed by atoms with Crippen molar-refractivity contribution in [1.29, 1.82) is 5.26 Å². The van der Waals surface area contributed by atoms with Gasteiger partial charge in [-0.05, 0) is 24.3 Å². The third-order valence-electron chi connectivity index (χ3n) is 4.67. The Morgan fingerprint density at radius 3 is 2.46 bits per heavy atom. The minimum Gasteiger partial charge on any atom is -0.291 e. The van der Waals surface area contributed by atoms with Crippen molar-refractivity contribution in [3.8, 4) is 6.07 Å². The molecule has 0 bridgehead atoms. The van der Waals surface area contributed by atoms with E-state index in [-0.39, 0.29) is 6.54 Å². The molecule has 0 aliphatic carbocycles. The van der Waals surface area contributed by atoms with Gasteiger partial charge in [0.05, 0.1) is 30.1 Å². The zero-order valence-electron chi connectivity index (χ0n) is 14.4. The van der Waals surface area contributed by atoms with Crippen LogP contribution < -0.4 is 9.80 Å². The number of urea groups is 1. The lowest BCUT2D eigenvalue weighted by Crippen LogP contribution is -2.34. The van der Waals surface area contributed by atoms with Gasteiger partial charge < -0.3 is 0 Å². The Bertz CT molecular complexity index is 1080. The van der Waals surface area contributed by atoms with Crippen molar-refractivity contribution < 1.29 is 18.0 Å². The first kappa shape index (κ1) is 17.8. The van der Waals surface area contributed by atoms with E-state index in [2.05, 4.69) is 11.1 Å². The van der Waals surface area contributed by atoms with Gasteiger partial charge in [0, 0.05) is 22.7 Å². The van der Waals surface area contributed by atoms with E-state index in [1.807, 2.05) is 24.3 Å². The highest BCUT2D eigenvalue weighted by atomic mass is 19.4. The molecule has 0 N–H and O–H groups in total. The fraction of sp³-hybridized carbons (Fsp3) is 0.150. The number of anilines is 2. The summed E-state index contributed by atoms with van der Waals surface area (Å²) >= 11 is 0. The molecule has 1 atom stereocenters. The molecule has 1 aliphatic heterocycles. The quantitative estimate of drug-likeness (QED) is 0.651. The maximum absolute atomic E-state index is 13.1. The van der Waals surface area contributed by atoms with E-state index in [9.17, 15) is 23.2 Å². The minimum absolute atomic E-state index is 0.0456. The van der Waals surface area contributed by atoms with Gasteiger partial charge in [0.1, 0.15) is 6.04 Å². The molecule has 8 heteroatoms. The number of amides is 2. The van der Waals surface area contributed by atoms with Gasteiger partial charge in [-0.3, -0.25) is 14.8 Å². The number of hydrogen-bond donors (Lipinski definition) is 0. The number of carbonyl (C=O) groups excluding carboxylic acids is 1. The van der Waals surface area contributed by atoms with Crippen molar-refractivity contribution in [3.05, 3.63) is 66.5 Å². The van der Waals surface area contributed by atoms with Gasteiger partial charge in [-0.25, -0.2) is 4.79 Å². The average molecular weight is 382 g/mol. The summed E-state index contributed by atoms with van der Waals surface area (Å²) in [5.74, 6) is 0. The van der Waals surface area contributed by atoms with Gasteiger partial charge in [-0.1, -0.05) is 24.3 Å². The molecule has 28 heavy (non-hydrogen) atoms. The highest BCUT2D eigenvalue weighted by Crippen LogP contribution is 2.35. The number of halogens is 3. The van der Waals surface area contributed by atoms with Gasteiger partial charge in [0.25, 0.3) is 0 Å². The number of hydrogen-bond acceptors (Lipinski definition) is 3. The van der Waals surface area contributed by atoms with Crippen molar-refractivity contribution in [3.63, 3.8) is 0 Å². The molecule has 0 saturated carbocycles. The van der Waals surface area contributed by atoms with Crippen molar-refractivity contribution in [2.24, 2.45) is 0 Å². The van der Waals surface area contributed by atoms with Gasteiger partial charge in [0.15, 0.2) is 0 Å². The van der Waals surface area contributed by atoms with Crippen molar-refractivity contribution in [2.45, 2.75) is 12.2 Å². The number of benzene rings is 2. The predicted molar refractivity (Wildman–Crippen MR) is 97.8 cm³/mol. The lowest BCUT2D eigenvalue weighted by atomic mass is 10.1. The monoisotopic (exact) mass is 382 g/mol. The van der Waals surface area contributed by atoms with Crippen LogP contribution >= 0.6 is 0 Å². The Hall–Kier alpha value is -3.60. The molecule has 0 spiro atoms. The van der Waals surface area contributed by atoms with Gasteiger partial charge in [-0.15, -0.1) is 0 Å². The van der Waals surface area contributed by atoms with Crippen LogP contribution in [0.3, 0.4) is 0 Å². The molecule has 4 rings (SSSR count). The van der Waals surface area contributed by atoms with Crippen molar-refractivity contribution in [1.82, 2.24) is 4.98 Å². The van der Waals surface area contributed by atoms with E-state index in [1.165, 1.54) is 28.1 Å². The zero-order valence-corrected chi connectivity index (χ0v) is 14.4. The van der Waals surface area contributed by atoms with E-state index in [0.717, 1.165) is 22.9 Å². The molecule has 140 valence electrons. The first-order valence-electron chi connectivity index (χ1n) is 8.40. The van der Waals surface area contributed by atoms with Crippen LogP contribution in [0, 0.1) is 11.3 Å². The Morgan fingerprint density at radius 2 is 1.79 bits per heavy atom. The SMILES string of the molecule is N#C[C@@H]1CN(c2ccc(C(F)(F)F)cc2)C(=O)N1c1cncc2ccccc12. The highest BCUT2D eigenvalue weighted by molar-refractivity contribution is 6.11. The summed E-state index contributed by atoms with van der Waals surface area (Å²) in [6, 6.07) is 12.5. The lowest BCUT2D eigenvalue weighted by Gasteiger charge is -2.21. The summed E-state index contributed by atoms with van der Waals surface area (Å²) in [6.07, 6.45) is -1.28. The topological polar surface area (TPSA) is 60.2 Å². The van der Waals surface area contributed by atoms with Gasteiger partial charge >= 0.3 is 12.2 Å². The summed E-state index contributed by atoms with van der Waals surface area (Å²) in [5.41, 5.74) is -0.00662. The van der Waals surface area contributed by atoms with E-state index in [0.29, 0.717) is 11.4 Å². The fourth-order valence-electron chi connectivity index (χ4n) is 3.30. The molecule has 2 heterocycles. The Kier molecular flexibility index (Phi) is 4.15. The molecular weight excluding hydrogens is 369 g/mol. The second-order valence-electron chi connectivity index (χ2n) is 6.33. The molecule has 1 aromatic heterocycles. The minimum atomic E-state index is -4.45. The molecule has 2 aromatic carbocycles. The standard InChI is InChI=1S/C20H13F3N4O/c21-20(22,23)14-5-7-15(8-6-14)26-12-16(9-24)27(19(26)28)18-11-25-10-13-3-1-2-4-17(13)18/h1-8,10-11,16H,12H2/t16-/m1/s1. The van der Waals surface area contributed by atoms with Crippen LogP contribution in [-0.4, -0.2) is 23.6 Å². The zero-order chi connectivity index (χ0) is 19.9. The fourth-order valence-corrected chi connectivity index (χ4v) is 3.30. The van der Waals surface area contributed by atoms with Crippen LogP contribution in [0.4, 0.5) is 29.3 Å². The predicted octanol–water partition coefficient (Wildman–Crippen LogP) is 4.59. The van der Waals surface area contributed by atoms with Crippen LogP contribution in [0.5, 0.6) is 0 Å². The highest BCUT2D eigenvalue weighted by Gasteiger charge is 2.40. The van der Waals surface area contributed by atoms with E-state index >= 15 is 0 Å². The average Bonchev–Trinajstić information content (AvgIpc) is 3.03. The largest absolute Gasteiger partial charge is 0.416 e. The Labute approximate surface area is 158 Å². The Balaban J connectivity index is 1.73. The summed E-state index contributed by atoms with van der Waals surface area (Å²) in [6.45, 7) is 0.0456. The van der Waals surface area contributed by atoms with Gasteiger partial charge in [0.2, 0.25) is 0 Å². The number of nitrogens with zero attached hydrogens (tertiary/aromatic N) is 4. The molecular formula is C20H13F3N4O. The number of carbonyl (C=O) groups is 1. The third kappa shape index (κ3) is 2.91. The number of pyridine rings is 1.